The van der Waals surface area contributed by atoms with Crippen LogP contribution in [0.2, 0.25) is 5.02 Å². The number of nitrogens with one attached hydrogen (secondary N) is 1. The third-order valence-electron chi connectivity index (χ3n) is 4.38. The molecule has 1 saturated heterocycles. The van der Waals surface area contributed by atoms with Gasteiger partial charge in [-0.1, -0.05) is 25.4 Å². The molecule has 0 saturated carbocycles. The summed E-state index contributed by atoms with van der Waals surface area (Å²) < 4.78 is 7.74. The maximum absolute atomic E-state index is 6.53. The van der Waals surface area contributed by atoms with Crippen molar-refractivity contribution < 1.29 is 4.74 Å². The minimum Gasteiger partial charge on any atom is -0.381 e. The first-order valence-corrected chi connectivity index (χ1v) is 8.48. The Bertz CT molecular complexity index is 453. The first-order valence-electron chi connectivity index (χ1n) is 8.10. The van der Waals surface area contributed by atoms with Crippen molar-refractivity contribution in [2.75, 3.05) is 26.3 Å². The molecule has 0 bridgehead atoms. The normalized spacial score (nSPS) is 22.7. The molecule has 0 aromatic carbocycles. The third-order valence-corrected chi connectivity index (χ3v) is 4.81. The highest BCUT2D eigenvalue weighted by Gasteiger charge is 2.35. The molecule has 21 heavy (non-hydrogen) atoms. The highest BCUT2D eigenvalue weighted by atomic mass is 35.5. The van der Waals surface area contributed by atoms with E-state index in [4.69, 9.17) is 16.3 Å². The lowest BCUT2D eigenvalue weighted by Crippen LogP contribution is -2.43. The van der Waals surface area contributed by atoms with Crippen molar-refractivity contribution in [1.29, 1.82) is 0 Å². The highest BCUT2D eigenvalue weighted by molar-refractivity contribution is 6.31. The second kappa shape index (κ2) is 7.61. The quantitative estimate of drug-likeness (QED) is 0.787. The molecule has 1 aliphatic rings. The summed E-state index contributed by atoms with van der Waals surface area (Å²) in [6, 6.07) is 0. The molecule has 1 unspecified atom stereocenters. The van der Waals surface area contributed by atoms with Crippen molar-refractivity contribution in [3.05, 3.63) is 16.4 Å². The second-order valence-corrected chi connectivity index (χ2v) is 6.57. The Morgan fingerprint density at radius 2 is 2.24 bits per heavy atom. The first kappa shape index (κ1) is 16.8. The van der Waals surface area contributed by atoms with E-state index in [2.05, 4.69) is 24.3 Å². The summed E-state index contributed by atoms with van der Waals surface area (Å²) in [5, 5.41) is 8.97. The van der Waals surface area contributed by atoms with Gasteiger partial charge in [0.25, 0.3) is 0 Å². The molecule has 2 rings (SSSR count). The van der Waals surface area contributed by atoms with Gasteiger partial charge in [0.2, 0.25) is 0 Å². The lowest BCUT2D eigenvalue weighted by atomic mass is 9.78. The molecule has 0 amide bonds. The van der Waals surface area contributed by atoms with E-state index in [9.17, 15) is 0 Å². The molecule has 1 atom stereocenters. The Morgan fingerprint density at radius 1 is 1.43 bits per heavy atom. The molecule has 1 aromatic heterocycles. The van der Waals surface area contributed by atoms with Crippen LogP contribution < -0.4 is 5.32 Å². The van der Waals surface area contributed by atoms with Gasteiger partial charge in [0, 0.05) is 25.6 Å². The summed E-state index contributed by atoms with van der Waals surface area (Å²) in [5.41, 5.74) is 2.30. The largest absolute Gasteiger partial charge is 0.381 e. The second-order valence-electron chi connectivity index (χ2n) is 6.19. The van der Waals surface area contributed by atoms with Gasteiger partial charge in [0.05, 0.1) is 23.0 Å². The molecule has 2 heterocycles. The predicted molar refractivity (Wildman–Crippen MR) is 86.9 cm³/mol. The van der Waals surface area contributed by atoms with Gasteiger partial charge < -0.3 is 10.1 Å². The van der Waals surface area contributed by atoms with Crippen LogP contribution in [0.15, 0.2) is 0 Å². The topological polar surface area (TPSA) is 39.1 Å². The molecule has 1 aliphatic heterocycles. The number of halogens is 1. The van der Waals surface area contributed by atoms with Crippen molar-refractivity contribution in [2.45, 2.75) is 46.0 Å². The standard InChI is InChI=1S/C16H28ClN3O/c1-4-8-18-11-16(7-6-9-21-12-16)10-14-15(17)13(5-2)19-20(14)3/h18H,4-12H2,1-3H3. The van der Waals surface area contributed by atoms with Gasteiger partial charge in [0.1, 0.15) is 0 Å². The third kappa shape index (κ3) is 3.99. The number of rotatable bonds is 7. The number of hydrogen-bond donors (Lipinski definition) is 1. The number of aryl methyl sites for hydroxylation is 2. The van der Waals surface area contributed by atoms with Crippen LogP contribution in [0.1, 0.15) is 44.5 Å². The Hall–Kier alpha value is -0.580. The summed E-state index contributed by atoms with van der Waals surface area (Å²) in [6.07, 6.45) is 5.29. The monoisotopic (exact) mass is 313 g/mol. The number of aromatic nitrogens is 2. The first-order chi connectivity index (χ1) is 10.1. The van der Waals surface area contributed by atoms with E-state index in [1.807, 2.05) is 11.7 Å². The fourth-order valence-corrected chi connectivity index (χ4v) is 3.51. The van der Waals surface area contributed by atoms with Crippen LogP contribution >= 0.6 is 11.6 Å². The Kier molecular flexibility index (Phi) is 6.08. The van der Waals surface area contributed by atoms with Gasteiger partial charge in [0.15, 0.2) is 0 Å². The van der Waals surface area contributed by atoms with Crippen LogP contribution in [0.25, 0.3) is 0 Å². The van der Waals surface area contributed by atoms with Crippen LogP contribution in [0, 0.1) is 5.41 Å². The van der Waals surface area contributed by atoms with E-state index in [0.717, 1.165) is 68.4 Å². The van der Waals surface area contributed by atoms with Gasteiger partial charge in [-0.2, -0.15) is 5.10 Å². The minimum atomic E-state index is 0.149. The maximum Gasteiger partial charge on any atom is 0.0849 e. The molecular weight excluding hydrogens is 286 g/mol. The van der Waals surface area contributed by atoms with Crippen molar-refractivity contribution >= 4 is 11.6 Å². The molecular formula is C16H28ClN3O. The average molecular weight is 314 g/mol. The average Bonchev–Trinajstić information content (AvgIpc) is 2.76. The van der Waals surface area contributed by atoms with E-state index in [-0.39, 0.29) is 5.41 Å². The Morgan fingerprint density at radius 3 is 2.81 bits per heavy atom. The van der Waals surface area contributed by atoms with Crippen LogP contribution in [0.3, 0.4) is 0 Å². The lowest BCUT2D eigenvalue weighted by Gasteiger charge is -2.37. The zero-order valence-corrected chi connectivity index (χ0v) is 14.3. The molecule has 1 aromatic rings. The fraction of sp³-hybridized carbons (Fsp3) is 0.812. The van der Waals surface area contributed by atoms with E-state index in [1.54, 1.807) is 0 Å². The molecule has 5 heteroatoms. The minimum absolute atomic E-state index is 0.149. The van der Waals surface area contributed by atoms with Crippen molar-refractivity contribution in [2.24, 2.45) is 12.5 Å². The fourth-order valence-electron chi connectivity index (χ4n) is 3.15. The summed E-state index contributed by atoms with van der Waals surface area (Å²) in [4.78, 5) is 0. The van der Waals surface area contributed by atoms with Gasteiger partial charge in [-0.05, 0) is 38.6 Å². The maximum atomic E-state index is 6.53. The Balaban J connectivity index is 2.16. The van der Waals surface area contributed by atoms with E-state index in [0.29, 0.717) is 0 Å². The number of hydrogen-bond acceptors (Lipinski definition) is 3. The Labute approximate surface area is 133 Å². The van der Waals surface area contributed by atoms with Gasteiger partial charge in [-0.3, -0.25) is 4.68 Å². The van der Waals surface area contributed by atoms with Crippen LogP contribution in [-0.2, 0) is 24.6 Å². The molecule has 0 radical (unpaired) electrons. The smallest absolute Gasteiger partial charge is 0.0849 e. The van der Waals surface area contributed by atoms with Crippen molar-refractivity contribution in [3.8, 4) is 0 Å². The van der Waals surface area contributed by atoms with Crippen molar-refractivity contribution in [3.63, 3.8) is 0 Å². The zero-order chi connectivity index (χ0) is 15.3. The van der Waals surface area contributed by atoms with Crippen LogP contribution in [0.4, 0.5) is 0 Å². The molecule has 120 valence electrons. The van der Waals surface area contributed by atoms with Crippen LogP contribution in [0.5, 0.6) is 0 Å². The molecule has 1 N–H and O–H groups in total. The number of nitrogens with zero attached hydrogens (tertiary/aromatic N) is 2. The zero-order valence-electron chi connectivity index (χ0n) is 13.5. The van der Waals surface area contributed by atoms with E-state index >= 15 is 0 Å². The molecule has 0 spiro atoms. The summed E-state index contributed by atoms with van der Waals surface area (Å²) in [6.45, 7) is 8.04. The van der Waals surface area contributed by atoms with E-state index in [1.165, 1.54) is 6.42 Å². The number of ether oxygens (including phenoxy) is 1. The highest BCUT2D eigenvalue weighted by Crippen LogP contribution is 2.35. The lowest BCUT2D eigenvalue weighted by molar-refractivity contribution is -0.00795. The summed E-state index contributed by atoms with van der Waals surface area (Å²) in [7, 11) is 2.00. The van der Waals surface area contributed by atoms with Crippen molar-refractivity contribution in [1.82, 2.24) is 15.1 Å². The summed E-state index contributed by atoms with van der Waals surface area (Å²) >= 11 is 6.53. The van der Waals surface area contributed by atoms with Gasteiger partial charge in [-0.15, -0.1) is 0 Å². The molecule has 0 aliphatic carbocycles. The van der Waals surface area contributed by atoms with E-state index < -0.39 is 0 Å². The van der Waals surface area contributed by atoms with Gasteiger partial charge >= 0.3 is 0 Å². The summed E-state index contributed by atoms with van der Waals surface area (Å²) in [5.74, 6) is 0. The SMILES string of the molecule is CCCNCC1(Cc2c(Cl)c(CC)nn2C)CCCOC1. The predicted octanol–water partition coefficient (Wildman–Crippen LogP) is 2.97. The molecule has 4 nitrogen and oxygen atoms in total. The van der Waals surface area contributed by atoms with Crippen LogP contribution in [-0.4, -0.2) is 36.1 Å². The van der Waals surface area contributed by atoms with Gasteiger partial charge in [-0.25, -0.2) is 0 Å². The molecule has 1 fully saturated rings.